The molecule has 0 amide bonds. The van der Waals surface area contributed by atoms with Gasteiger partial charge in [0.2, 0.25) is 0 Å². The molecule has 1 atom stereocenters. The van der Waals surface area contributed by atoms with Crippen LogP contribution in [0.2, 0.25) is 0 Å². The molecule has 0 aliphatic carbocycles. The van der Waals surface area contributed by atoms with Gasteiger partial charge in [-0.3, -0.25) is 0 Å². The van der Waals surface area contributed by atoms with Gasteiger partial charge in [0.05, 0.1) is 11.2 Å². The zero-order chi connectivity index (χ0) is 9.24. The maximum Gasteiger partial charge on any atom is 0.0785 e. The van der Waals surface area contributed by atoms with Crippen LogP contribution in [0.4, 0.5) is 0 Å². The number of hydrogen-bond acceptors (Lipinski definition) is 2. The molecular formula is C10H21NO. The Morgan fingerprint density at radius 1 is 1.33 bits per heavy atom. The van der Waals surface area contributed by atoms with Crippen molar-refractivity contribution in [2.75, 3.05) is 13.1 Å². The summed E-state index contributed by atoms with van der Waals surface area (Å²) in [5.74, 6) is 0. The number of hydrogen-bond donors (Lipinski definition) is 1. The molecule has 0 radical (unpaired) electrons. The van der Waals surface area contributed by atoms with Crippen molar-refractivity contribution in [3.63, 3.8) is 0 Å². The third-order valence-corrected chi connectivity index (χ3v) is 2.11. The minimum absolute atomic E-state index is 0.0201. The van der Waals surface area contributed by atoms with E-state index in [1.807, 2.05) is 0 Å². The lowest BCUT2D eigenvalue weighted by Crippen LogP contribution is -2.48. The van der Waals surface area contributed by atoms with Gasteiger partial charge in [0, 0.05) is 6.54 Å². The highest BCUT2D eigenvalue weighted by Crippen LogP contribution is 2.25. The molecule has 0 aromatic heterocycles. The molecule has 1 saturated heterocycles. The van der Waals surface area contributed by atoms with E-state index in [9.17, 15) is 0 Å². The van der Waals surface area contributed by atoms with Crippen LogP contribution < -0.4 is 5.32 Å². The van der Waals surface area contributed by atoms with Gasteiger partial charge in [-0.25, -0.2) is 0 Å². The van der Waals surface area contributed by atoms with Crippen LogP contribution >= 0.6 is 0 Å². The van der Waals surface area contributed by atoms with E-state index in [2.05, 4.69) is 33.0 Å². The average molecular weight is 171 g/mol. The standard InChI is InChI=1S/C10H21NO/c1-9(2,3)12-10(4)6-5-7-11-8-10/h11H,5-8H2,1-4H3. The maximum absolute atomic E-state index is 6.00. The second-order valence-electron chi connectivity index (χ2n) is 4.94. The Bertz CT molecular complexity index is 142. The second kappa shape index (κ2) is 3.35. The van der Waals surface area contributed by atoms with Gasteiger partial charge < -0.3 is 10.1 Å². The van der Waals surface area contributed by atoms with Crippen LogP contribution in [0.15, 0.2) is 0 Å². The first-order valence-electron chi connectivity index (χ1n) is 4.82. The normalized spacial score (nSPS) is 32.0. The largest absolute Gasteiger partial charge is 0.368 e. The van der Waals surface area contributed by atoms with E-state index in [1.54, 1.807) is 0 Å². The van der Waals surface area contributed by atoms with Gasteiger partial charge in [-0.2, -0.15) is 0 Å². The Labute approximate surface area is 75.7 Å². The number of rotatable bonds is 1. The average Bonchev–Trinajstić information content (AvgIpc) is 1.83. The molecule has 2 nitrogen and oxygen atoms in total. The lowest BCUT2D eigenvalue weighted by molar-refractivity contribution is -0.130. The summed E-state index contributed by atoms with van der Waals surface area (Å²) in [5, 5.41) is 3.37. The first-order chi connectivity index (χ1) is 5.41. The third-order valence-electron chi connectivity index (χ3n) is 2.11. The molecule has 0 aromatic carbocycles. The molecule has 2 heteroatoms. The van der Waals surface area contributed by atoms with E-state index in [0.29, 0.717) is 0 Å². The summed E-state index contributed by atoms with van der Waals surface area (Å²) >= 11 is 0. The van der Waals surface area contributed by atoms with Crippen molar-refractivity contribution in [1.82, 2.24) is 5.32 Å². The van der Waals surface area contributed by atoms with Crippen LogP contribution in [0.25, 0.3) is 0 Å². The van der Waals surface area contributed by atoms with Crippen LogP contribution in [0.3, 0.4) is 0 Å². The summed E-state index contributed by atoms with van der Waals surface area (Å²) in [6.45, 7) is 10.7. The van der Waals surface area contributed by atoms with Crippen LogP contribution in [-0.2, 0) is 4.74 Å². The molecule has 0 bridgehead atoms. The smallest absolute Gasteiger partial charge is 0.0785 e. The van der Waals surface area contributed by atoms with E-state index in [0.717, 1.165) is 13.1 Å². The van der Waals surface area contributed by atoms with Gasteiger partial charge in [0.1, 0.15) is 0 Å². The predicted molar refractivity (Wildman–Crippen MR) is 51.3 cm³/mol. The Morgan fingerprint density at radius 3 is 2.42 bits per heavy atom. The molecule has 1 N–H and O–H groups in total. The molecule has 1 aliphatic heterocycles. The maximum atomic E-state index is 6.00. The van der Waals surface area contributed by atoms with Crippen LogP contribution in [0.5, 0.6) is 0 Å². The fourth-order valence-corrected chi connectivity index (χ4v) is 1.85. The first kappa shape index (κ1) is 10.0. The van der Waals surface area contributed by atoms with Crippen molar-refractivity contribution in [3.8, 4) is 0 Å². The van der Waals surface area contributed by atoms with E-state index in [4.69, 9.17) is 4.74 Å². The lowest BCUT2D eigenvalue weighted by atomic mass is 9.95. The lowest BCUT2D eigenvalue weighted by Gasteiger charge is -2.39. The molecule has 1 fully saturated rings. The van der Waals surface area contributed by atoms with E-state index in [1.165, 1.54) is 12.8 Å². The number of nitrogens with one attached hydrogen (secondary N) is 1. The van der Waals surface area contributed by atoms with E-state index >= 15 is 0 Å². The van der Waals surface area contributed by atoms with Gasteiger partial charge in [0.15, 0.2) is 0 Å². The number of piperidine rings is 1. The first-order valence-corrected chi connectivity index (χ1v) is 4.82. The van der Waals surface area contributed by atoms with Crippen molar-refractivity contribution in [3.05, 3.63) is 0 Å². The van der Waals surface area contributed by atoms with Gasteiger partial charge in [-0.15, -0.1) is 0 Å². The van der Waals surface area contributed by atoms with Crippen molar-refractivity contribution in [1.29, 1.82) is 0 Å². The Kier molecular flexibility index (Phi) is 2.79. The minimum Gasteiger partial charge on any atom is -0.368 e. The molecule has 12 heavy (non-hydrogen) atoms. The molecule has 1 aliphatic rings. The second-order valence-corrected chi connectivity index (χ2v) is 4.94. The number of ether oxygens (including phenoxy) is 1. The van der Waals surface area contributed by atoms with E-state index in [-0.39, 0.29) is 11.2 Å². The van der Waals surface area contributed by atoms with Crippen molar-refractivity contribution < 1.29 is 4.74 Å². The SMILES string of the molecule is CC(C)(C)OC1(C)CCCNC1. The van der Waals surface area contributed by atoms with Gasteiger partial charge in [-0.1, -0.05) is 0 Å². The summed E-state index contributed by atoms with van der Waals surface area (Å²) in [6.07, 6.45) is 2.41. The van der Waals surface area contributed by atoms with Gasteiger partial charge in [-0.05, 0) is 47.1 Å². The highest BCUT2D eigenvalue weighted by molar-refractivity contribution is 4.85. The molecule has 72 valence electrons. The Balaban J connectivity index is 2.47. The van der Waals surface area contributed by atoms with Crippen molar-refractivity contribution in [2.45, 2.75) is 51.7 Å². The van der Waals surface area contributed by atoms with Gasteiger partial charge >= 0.3 is 0 Å². The van der Waals surface area contributed by atoms with Crippen molar-refractivity contribution in [2.24, 2.45) is 0 Å². The summed E-state index contributed by atoms with van der Waals surface area (Å²) < 4.78 is 6.00. The Morgan fingerprint density at radius 2 is 2.00 bits per heavy atom. The van der Waals surface area contributed by atoms with Crippen LogP contribution in [0, 0.1) is 0 Å². The fourth-order valence-electron chi connectivity index (χ4n) is 1.85. The zero-order valence-electron chi connectivity index (χ0n) is 8.74. The highest BCUT2D eigenvalue weighted by Gasteiger charge is 2.31. The van der Waals surface area contributed by atoms with E-state index < -0.39 is 0 Å². The Hall–Kier alpha value is -0.0800. The topological polar surface area (TPSA) is 21.3 Å². The quantitative estimate of drug-likeness (QED) is 0.651. The summed E-state index contributed by atoms with van der Waals surface area (Å²) in [5.41, 5.74) is 0.0320. The molecule has 0 saturated carbocycles. The molecule has 1 heterocycles. The summed E-state index contributed by atoms with van der Waals surface area (Å²) in [6, 6.07) is 0. The van der Waals surface area contributed by atoms with Gasteiger partial charge in [0.25, 0.3) is 0 Å². The van der Waals surface area contributed by atoms with Crippen LogP contribution in [-0.4, -0.2) is 24.3 Å². The minimum atomic E-state index is -0.0201. The molecule has 0 aromatic rings. The summed E-state index contributed by atoms with van der Waals surface area (Å²) in [7, 11) is 0. The third kappa shape index (κ3) is 3.11. The monoisotopic (exact) mass is 171 g/mol. The molecular weight excluding hydrogens is 150 g/mol. The summed E-state index contributed by atoms with van der Waals surface area (Å²) in [4.78, 5) is 0. The van der Waals surface area contributed by atoms with Crippen molar-refractivity contribution >= 4 is 0 Å². The van der Waals surface area contributed by atoms with Crippen LogP contribution in [0.1, 0.15) is 40.5 Å². The highest BCUT2D eigenvalue weighted by atomic mass is 16.5. The molecule has 1 unspecified atom stereocenters. The molecule has 1 rings (SSSR count). The predicted octanol–water partition coefficient (Wildman–Crippen LogP) is 1.94. The zero-order valence-corrected chi connectivity index (χ0v) is 8.74. The molecule has 0 spiro atoms. The fraction of sp³-hybridized carbons (Fsp3) is 1.00.